The first-order valence-corrected chi connectivity index (χ1v) is 7.97. The summed E-state index contributed by atoms with van der Waals surface area (Å²) in [6, 6.07) is -0.281. The molecule has 0 atom stereocenters. The maximum absolute atomic E-state index is 12.8. The number of amides is 1. The molecule has 0 aromatic rings. The maximum atomic E-state index is 12.8. The van der Waals surface area contributed by atoms with Crippen LogP contribution in [0, 0.1) is 5.92 Å². The van der Waals surface area contributed by atoms with Crippen LogP contribution in [0.1, 0.15) is 52.4 Å². The highest BCUT2D eigenvalue weighted by Crippen LogP contribution is 2.25. The zero-order chi connectivity index (χ0) is 15.9. The molecule has 0 spiro atoms. The van der Waals surface area contributed by atoms with Crippen LogP contribution < -0.4 is 5.32 Å². The Balaban J connectivity index is 2.83. The molecular formula is C15H27F3N2O. The third kappa shape index (κ3) is 6.24. The van der Waals surface area contributed by atoms with Gasteiger partial charge >= 0.3 is 6.18 Å². The predicted octanol–water partition coefficient (Wildman–Crippen LogP) is 3.35. The van der Waals surface area contributed by atoms with E-state index in [1.807, 2.05) is 13.8 Å². The van der Waals surface area contributed by atoms with Gasteiger partial charge in [-0.15, -0.1) is 0 Å². The van der Waals surface area contributed by atoms with E-state index in [9.17, 15) is 18.0 Å². The number of nitrogens with one attached hydrogen (secondary N) is 1. The molecule has 0 unspecified atom stereocenters. The van der Waals surface area contributed by atoms with Gasteiger partial charge in [0.05, 0.1) is 0 Å². The van der Waals surface area contributed by atoms with E-state index in [0.717, 1.165) is 17.7 Å². The molecule has 1 aliphatic rings. The molecule has 1 amide bonds. The number of carbonyl (C=O) groups excluding carboxylic acids is 1. The largest absolute Gasteiger partial charge is 0.406 e. The fourth-order valence-corrected chi connectivity index (χ4v) is 3.02. The molecule has 1 N–H and O–H groups in total. The van der Waals surface area contributed by atoms with Crippen molar-refractivity contribution in [2.24, 2.45) is 5.92 Å². The zero-order valence-corrected chi connectivity index (χ0v) is 13.0. The second-order valence-corrected chi connectivity index (χ2v) is 5.84. The number of carbonyl (C=O) groups is 1. The van der Waals surface area contributed by atoms with Gasteiger partial charge in [-0.25, -0.2) is 0 Å². The van der Waals surface area contributed by atoms with E-state index in [1.165, 1.54) is 0 Å². The summed E-state index contributed by atoms with van der Waals surface area (Å²) in [5.74, 6) is -0.569. The fraction of sp³-hybridized carbons (Fsp3) is 0.933. The second-order valence-electron chi connectivity index (χ2n) is 5.84. The first kappa shape index (κ1) is 18.3. The highest BCUT2D eigenvalue weighted by Gasteiger charge is 2.38. The van der Waals surface area contributed by atoms with Crippen molar-refractivity contribution in [2.75, 3.05) is 19.6 Å². The third-order valence-electron chi connectivity index (χ3n) is 4.01. The molecular weight excluding hydrogens is 281 g/mol. The van der Waals surface area contributed by atoms with Crippen molar-refractivity contribution < 1.29 is 18.0 Å². The van der Waals surface area contributed by atoms with Crippen LogP contribution in [0.4, 0.5) is 13.2 Å². The molecule has 0 aromatic heterocycles. The topological polar surface area (TPSA) is 32.3 Å². The van der Waals surface area contributed by atoms with Gasteiger partial charge in [0.2, 0.25) is 5.91 Å². The summed E-state index contributed by atoms with van der Waals surface area (Å²) < 4.78 is 38.5. The lowest BCUT2D eigenvalue weighted by atomic mass is 9.94. The standard InChI is InChI=1S/C15H27F3N2O/c1-3-5-12(6-4-2)14(21)20(11-15(16,17)18)13-7-9-19-10-8-13/h12-13,19H,3-11H2,1-2H3. The van der Waals surface area contributed by atoms with Gasteiger partial charge in [-0.1, -0.05) is 26.7 Å². The Labute approximate surface area is 125 Å². The van der Waals surface area contributed by atoms with Crippen molar-refractivity contribution in [3.63, 3.8) is 0 Å². The molecule has 124 valence electrons. The molecule has 0 bridgehead atoms. The van der Waals surface area contributed by atoms with Crippen molar-refractivity contribution in [3.05, 3.63) is 0 Å². The van der Waals surface area contributed by atoms with Crippen LogP contribution in [0.15, 0.2) is 0 Å². The fourth-order valence-electron chi connectivity index (χ4n) is 3.02. The molecule has 6 heteroatoms. The molecule has 0 radical (unpaired) electrons. The minimum absolute atomic E-state index is 0.266. The molecule has 0 aromatic carbocycles. The van der Waals surface area contributed by atoms with Gasteiger partial charge in [-0.3, -0.25) is 4.79 Å². The Morgan fingerprint density at radius 3 is 2.14 bits per heavy atom. The van der Waals surface area contributed by atoms with Gasteiger partial charge in [0.15, 0.2) is 0 Å². The van der Waals surface area contributed by atoms with E-state index in [0.29, 0.717) is 38.8 Å². The molecule has 1 heterocycles. The summed E-state index contributed by atoms with van der Waals surface area (Å²) in [4.78, 5) is 13.7. The van der Waals surface area contributed by atoms with Gasteiger partial charge in [-0.2, -0.15) is 13.2 Å². The lowest BCUT2D eigenvalue weighted by molar-refractivity contribution is -0.169. The molecule has 21 heavy (non-hydrogen) atoms. The van der Waals surface area contributed by atoms with Crippen LogP contribution in [0.2, 0.25) is 0 Å². The SMILES string of the molecule is CCCC(CCC)C(=O)N(CC(F)(F)F)C1CCNCC1. The summed E-state index contributed by atoms with van der Waals surface area (Å²) in [7, 11) is 0. The van der Waals surface area contributed by atoms with Gasteiger partial charge < -0.3 is 10.2 Å². The number of hydrogen-bond donors (Lipinski definition) is 1. The first-order valence-electron chi connectivity index (χ1n) is 7.97. The molecule has 0 saturated carbocycles. The van der Waals surface area contributed by atoms with Crippen LogP contribution in [-0.4, -0.2) is 42.7 Å². The van der Waals surface area contributed by atoms with Crippen LogP contribution in [0.25, 0.3) is 0 Å². The van der Waals surface area contributed by atoms with Crippen LogP contribution >= 0.6 is 0 Å². The average molecular weight is 308 g/mol. The van der Waals surface area contributed by atoms with Gasteiger partial charge in [0, 0.05) is 12.0 Å². The number of piperidine rings is 1. The number of alkyl halides is 3. The predicted molar refractivity (Wildman–Crippen MR) is 77.0 cm³/mol. The smallest absolute Gasteiger partial charge is 0.330 e. The monoisotopic (exact) mass is 308 g/mol. The van der Waals surface area contributed by atoms with E-state index in [4.69, 9.17) is 0 Å². The van der Waals surface area contributed by atoms with Crippen molar-refractivity contribution in [3.8, 4) is 0 Å². The lowest BCUT2D eigenvalue weighted by Crippen LogP contribution is -2.51. The minimum atomic E-state index is -4.33. The number of halogens is 3. The van der Waals surface area contributed by atoms with Gasteiger partial charge in [-0.05, 0) is 38.8 Å². The summed E-state index contributed by atoms with van der Waals surface area (Å²) >= 11 is 0. The number of nitrogens with zero attached hydrogens (tertiary/aromatic N) is 1. The summed E-state index contributed by atoms with van der Waals surface area (Å²) in [6.07, 6.45) is -0.133. The lowest BCUT2D eigenvalue weighted by Gasteiger charge is -2.37. The molecule has 1 fully saturated rings. The van der Waals surface area contributed by atoms with E-state index in [1.54, 1.807) is 0 Å². The molecule has 1 aliphatic heterocycles. The van der Waals surface area contributed by atoms with Crippen LogP contribution in [0.5, 0.6) is 0 Å². The van der Waals surface area contributed by atoms with Gasteiger partial charge in [0.25, 0.3) is 0 Å². The molecule has 1 saturated heterocycles. The Morgan fingerprint density at radius 2 is 1.71 bits per heavy atom. The Hall–Kier alpha value is -0.780. The number of hydrogen-bond acceptors (Lipinski definition) is 2. The van der Waals surface area contributed by atoms with Gasteiger partial charge in [0.1, 0.15) is 6.54 Å². The van der Waals surface area contributed by atoms with Crippen molar-refractivity contribution in [1.82, 2.24) is 10.2 Å². The Kier molecular flexibility index (Phi) is 7.49. The molecule has 0 aliphatic carbocycles. The summed E-state index contributed by atoms with van der Waals surface area (Å²) in [5, 5.41) is 3.13. The second kappa shape index (κ2) is 8.61. The van der Waals surface area contributed by atoms with E-state index in [-0.39, 0.29) is 17.9 Å². The highest BCUT2D eigenvalue weighted by atomic mass is 19.4. The van der Waals surface area contributed by atoms with Crippen LogP contribution in [-0.2, 0) is 4.79 Å². The first-order chi connectivity index (χ1) is 9.89. The van der Waals surface area contributed by atoms with Crippen molar-refractivity contribution in [1.29, 1.82) is 0 Å². The maximum Gasteiger partial charge on any atom is 0.406 e. The van der Waals surface area contributed by atoms with Crippen LogP contribution in [0.3, 0.4) is 0 Å². The number of rotatable bonds is 7. The average Bonchev–Trinajstić information content (AvgIpc) is 2.44. The van der Waals surface area contributed by atoms with E-state index >= 15 is 0 Å². The third-order valence-corrected chi connectivity index (χ3v) is 4.01. The Bertz CT molecular complexity index is 309. The van der Waals surface area contributed by atoms with E-state index < -0.39 is 12.7 Å². The minimum Gasteiger partial charge on any atom is -0.330 e. The zero-order valence-electron chi connectivity index (χ0n) is 13.0. The molecule has 3 nitrogen and oxygen atoms in total. The normalized spacial score (nSPS) is 17.2. The summed E-state index contributed by atoms with van der Waals surface area (Å²) in [5.41, 5.74) is 0. The van der Waals surface area contributed by atoms with E-state index in [2.05, 4.69) is 5.32 Å². The van der Waals surface area contributed by atoms with Crippen molar-refractivity contribution >= 4 is 5.91 Å². The van der Waals surface area contributed by atoms with Crippen molar-refractivity contribution in [2.45, 2.75) is 64.6 Å². The summed E-state index contributed by atoms with van der Waals surface area (Å²) in [6.45, 7) is 4.18. The Morgan fingerprint density at radius 1 is 1.19 bits per heavy atom. The quantitative estimate of drug-likeness (QED) is 0.782. The highest BCUT2D eigenvalue weighted by molar-refractivity contribution is 5.79. The molecule has 1 rings (SSSR count).